The van der Waals surface area contributed by atoms with E-state index in [-0.39, 0.29) is 0 Å². The van der Waals surface area contributed by atoms with Gasteiger partial charge in [-0.05, 0) is 74.3 Å². The van der Waals surface area contributed by atoms with Crippen molar-refractivity contribution in [1.82, 2.24) is 0 Å². The third-order valence-corrected chi connectivity index (χ3v) is 9.65. The van der Waals surface area contributed by atoms with E-state index in [0.717, 1.165) is 28.5 Å². The van der Waals surface area contributed by atoms with Crippen LogP contribution in [0.2, 0.25) is 0 Å². The molecule has 0 spiro atoms. The van der Waals surface area contributed by atoms with Crippen molar-refractivity contribution in [2.24, 2.45) is 17.8 Å². The van der Waals surface area contributed by atoms with Crippen LogP contribution in [-0.4, -0.2) is 0 Å². The van der Waals surface area contributed by atoms with Gasteiger partial charge in [-0.15, -0.1) is 22.7 Å². The Hall–Kier alpha value is -0.850. The summed E-state index contributed by atoms with van der Waals surface area (Å²) < 4.78 is 2.66. The number of hydrogen-bond donors (Lipinski definition) is 0. The monoisotopic (exact) mass is 399 g/mol. The molecule has 146 valence electrons. The van der Waals surface area contributed by atoms with Gasteiger partial charge in [-0.1, -0.05) is 45.4 Å². The van der Waals surface area contributed by atoms with Crippen molar-refractivity contribution in [2.45, 2.75) is 89.9 Å². The van der Waals surface area contributed by atoms with Crippen LogP contribution in [0.3, 0.4) is 0 Å². The number of fused-ring (bicyclic) bond motifs is 1. The summed E-state index contributed by atoms with van der Waals surface area (Å²) in [4.78, 5) is 2.44. The predicted molar refractivity (Wildman–Crippen MR) is 119 cm³/mol. The maximum absolute atomic E-state index is 9.06. The van der Waals surface area contributed by atoms with Crippen molar-refractivity contribution < 1.29 is 0 Å². The highest BCUT2D eigenvalue weighted by Gasteiger charge is 2.31. The Bertz CT molecular complexity index is 732. The molecule has 0 saturated heterocycles. The van der Waals surface area contributed by atoms with E-state index >= 15 is 0 Å². The van der Waals surface area contributed by atoms with Crippen LogP contribution >= 0.6 is 22.7 Å². The van der Waals surface area contributed by atoms with Crippen molar-refractivity contribution >= 4 is 32.1 Å². The van der Waals surface area contributed by atoms with E-state index in [1.54, 1.807) is 16.2 Å². The van der Waals surface area contributed by atoms with Gasteiger partial charge in [-0.3, -0.25) is 0 Å². The first kappa shape index (κ1) is 19.5. The van der Waals surface area contributed by atoms with Gasteiger partial charge in [0.1, 0.15) is 10.9 Å². The first-order valence-electron chi connectivity index (χ1n) is 11.2. The highest BCUT2D eigenvalue weighted by atomic mass is 32.1. The van der Waals surface area contributed by atoms with Gasteiger partial charge >= 0.3 is 0 Å². The van der Waals surface area contributed by atoms with Gasteiger partial charge < -0.3 is 0 Å². The summed E-state index contributed by atoms with van der Waals surface area (Å²) in [5, 5.41) is 9.06. The third-order valence-electron chi connectivity index (χ3n) is 7.28. The van der Waals surface area contributed by atoms with E-state index in [0.29, 0.717) is 0 Å². The molecule has 27 heavy (non-hydrogen) atoms. The average Bonchev–Trinajstić information content (AvgIpc) is 3.28. The lowest BCUT2D eigenvalue weighted by atomic mass is 9.68. The van der Waals surface area contributed by atoms with Crippen LogP contribution in [0.15, 0.2) is 12.1 Å². The Balaban J connectivity index is 1.25. The zero-order chi connectivity index (χ0) is 18.6. The molecule has 2 fully saturated rings. The number of hydrogen-bond acceptors (Lipinski definition) is 3. The van der Waals surface area contributed by atoms with Crippen LogP contribution in [-0.2, 0) is 0 Å². The van der Waals surface area contributed by atoms with Gasteiger partial charge in [0.15, 0.2) is 0 Å². The van der Waals surface area contributed by atoms with Crippen LogP contribution < -0.4 is 0 Å². The summed E-state index contributed by atoms with van der Waals surface area (Å²) in [6.07, 6.45) is 17.5. The first-order valence-corrected chi connectivity index (χ1v) is 12.8. The lowest BCUT2D eigenvalue weighted by Gasteiger charge is -2.37. The fourth-order valence-corrected chi connectivity index (χ4v) is 7.99. The molecule has 4 rings (SSSR count). The second-order valence-corrected chi connectivity index (χ2v) is 11.2. The highest BCUT2D eigenvalue weighted by molar-refractivity contribution is 7.28. The number of unbranched alkanes of at least 4 members (excludes halogenated alkanes) is 2. The summed E-state index contributed by atoms with van der Waals surface area (Å²) in [6, 6.07) is 6.75. The lowest BCUT2D eigenvalue weighted by Crippen LogP contribution is -2.25. The van der Waals surface area contributed by atoms with Crippen molar-refractivity contribution in [2.75, 3.05) is 0 Å². The minimum absolute atomic E-state index is 0.779. The van der Waals surface area contributed by atoms with E-state index in [4.69, 9.17) is 5.26 Å². The third kappa shape index (κ3) is 4.60. The highest BCUT2D eigenvalue weighted by Crippen LogP contribution is 2.47. The van der Waals surface area contributed by atoms with Crippen LogP contribution in [0.5, 0.6) is 0 Å². The topological polar surface area (TPSA) is 23.8 Å². The molecule has 0 radical (unpaired) electrons. The smallest absolute Gasteiger partial charge is 0.110 e. The second-order valence-electron chi connectivity index (χ2n) is 8.99. The molecule has 3 heteroatoms. The molecule has 0 unspecified atom stereocenters. The molecule has 2 aliphatic rings. The normalized spacial score (nSPS) is 29.0. The minimum atomic E-state index is 0.779. The number of nitriles is 1. The Labute approximate surface area is 172 Å². The summed E-state index contributed by atoms with van der Waals surface area (Å²) in [5.74, 6) is 3.85. The maximum atomic E-state index is 9.06. The molecule has 0 N–H and O–H groups in total. The van der Waals surface area contributed by atoms with Gasteiger partial charge in [0.05, 0.1) is 0 Å². The Morgan fingerprint density at radius 1 is 0.889 bits per heavy atom. The molecule has 1 nitrogen and oxygen atoms in total. The molecule has 0 atom stereocenters. The van der Waals surface area contributed by atoms with E-state index in [9.17, 15) is 0 Å². The lowest BCUT2D eigenvalue weighted by molar-refractivity contribution is 0.156. The largest absolute Gasteiger partial charge is 0.192 e. The molecule has 0 amide bonds. The quantitative estimate of drug-likeness (QED) is 0.447. The summed E-state index contributed by atoms with van der Waals surface area (Å²) >= 11 is 3.61. The van der Waals surface area contributed by atoms with Crippen molar-refractivity contribution in [3.8, 4) is 6.07 Å². The van der Waals surface area contributed by atoms with Crippen LogP contribution in [0.1, 0.15) is 99.6 Å². The fourth-order valence-electron chi connectivity index (χ4n) is 5.62. The molecule has 2 saturated carbocycles. The molecular formula is C24H33NS2. The predicted octanol–water partition coefficient (Wildman–Crippen LogP) is 8.49. The molecule has 2 aromatic rings. The van der Waals surface area contributed by atoms with E-state index in [1.165, 1.54) is 86.4 Å². The Morgan fingerprint density at radius 3 is 2.19 bits per heavy atom. The SMILES string of the molecule is CCCCCC1CCC(C2CCC(c3cc4sc(C#N)cc4s3)CC2)CC1. The van der Waals surface area contributed by atoms with Crippen LogP contribution in [0.4, 0.5) is 0 Å². The average molecular weight is 400 g/mol. The maximum Gasteiger partial charge on any atom is 0.110 e. The Morgan fingerprint density at radius 2 is 1.56 bits per heavy atom. The molecule has 2 heterocycles. The number of nitrogens with zero attached hydrogens (tertiary/aromatic N) is 1. The van der Waals surface area contributed by atoms with Crippen molar-refractivity contribution in [1.29, 1.82) is 5.26 Å². The Kier molecular flexibility index (Phi) is 6.56. The van der Waals surface area contributed by atoms with E-state index < -0.39 is 0 Å². The van der Waals surface area contributed by atoms with Gasteiger partial charge in [-0.25, -0.2) is 0 Å². The van der Waals surface area contributed by atoms with Gasteiger partial charge in [0.2, 0.25) is 0 Å². The van der Waals surface area contributed by atoms with Crippen molar-refractivity contribution in [3.05, 3.63) is 21.9 Å². The standard InChI is InChI=1S/C24H33NS2/c1-2-3-4-5-17-6-8-18(9-7-17)19-10-12-20(13-11-19)22-15-24-23(27-22)14-21(16-25)26-24/h14-15,17-20H,2-13H2,1H3. The second kappa shape index (κ2) is 9.10. The fraction of sp³-hybridized carbons (Fsp3) is 0.708. The zero-order valence-corrected chi connectivity index (χ0v) is 18.3. The molecular weight excluding hydrogens is 366 g/mol. The molecule has 0 aromatic carbocycles. The zero-order valence-electron chi connectivity index (χ0n) is 16.7. The molecule has 2 aliphatic carbocycles. The van der Waals surface area contributed by atoms with Crippen molar-refractivity contribution in [3.63, 3.8) is 0 Å². The summed E-state index contributed by atoms with van der Waals surface area (Å²) in [5.41, 5.74) is 0. The molecule has 0 aliphatic heterocycles. The van der Waals surface area contributed by atoms with E-state index in [1.807, 2.05) is 11.3 Å². The molecule has 2 aromatic heterocycles. The summed E-state index contributed by atoms with van der Waals surface area (Å²) in [6.45, 7) is 2.32. The number of rotatable bonds is 6. The molecule has 0 bridgehead atoms. The van der Waals surface area contributed by atoms with Gasteiger partial charge in [-0.2, -0.15) is 5.26 Å². The number of thiophene rings is 2. The first-order chi connectivity index (χ1) is 13.3. The summed E-state index contributed by atoms with van der Waals surface area (Å²) in [7, 11) is 0. The van der Waals surface area contributed by atoms with Crippen LogP contribution in [0.25, 0.3) is 9.40 Å². The van der Waals surface area contributed by atoms with Gasteiger partial charge in [0.25, 0.3) is 0 Å². The van der Waals surface area contributed by atoms with Crippen LogP contribution in [0, 0.1) is 29.1 Å². The minimum Gasteiger partial charge on any atom is -0.192 e. The van der Waals surface area contributed by atoms with E-state index in [2.05, 4.69) is 25.1 Å². The van der Waals surface area contributed by atoms with Gasteiger partial charge in [0, 0.05) is 14.3 Å².